The Hall–Kier alpha value is -2.41. The average Bonchev–Trinajstić information content (AvgIpc) is 3.19. The van der Waals surface area contributed by atoms with E-state index >= 15 is 0 Å². The third-order valence-electron chi connectivity index (χ3n) is 4.79. The summed E-state index contributed by atoms with van der Waals surface area (Å²) in [6, 6.07) is 5.40. The van der Waals surface area contributed by atoms with Gasteiger partial charge in [-0.25, -0.2) is 9.97 Å². The highest BCUT2D eigenvalue weighted by Gasteiger charge is 2.21. The summed E-state index contributed by atoms with van der Waals surface area (Å²) in [5.41, 5.74) is 0.703. The normalized spacial score (nSPS) is 15.6. The van der Waals surface area contributed by atoms with Crippen LogP contribution in [0.4, 0.5) is 5.13 Å². The first kappa shape index (κ1) is 16.1. The predicted molar refractivity (Wildman–Crippen MR) is 99.6 cm³/mol. The molecule has 1 aromatic carbocycles. The minimum absolute atomic E-state index is 0.0232. The second kappa shape index (κ2) is 6.84. The lowest BCUT2D eigenvalue weighted by molar-refractivity contribution is 0.352. The number of ether oxygens (including phenoxy) is 1. The van der Waals surface area contributed by atoms with Crippen LogP contribution in [-0.4, -0.2) is 34.7 Å². The van der Waals surface area contributed by atoms with Crippen LogP contribution in [0.2, 0.25) is 0 Å². The molecule has 0 radical (unpaired) electrons. The fourth-order valence-electron chi connectivity index (χ4n) is 3.35. The highest BCUT2D eigenvalue weighted by molar-refractivity contribution is 7.13. The third kappa shape index (κ3) is 3.24. The number of fused-ring (bicyclic) bond motifs is 1. The van der Waals surface area contributed by atoms with E-state index < -0.39 is 0 Å². The van der Waals surface area contributed by atoms with Crippen LogP contribution in [0.1, 0.15) is 12.8 Å². The monoisotopic (exact) mass is 356 g/mol. The fourth-order valence-corrected chi connectivity index (χ4v) is 4.05. The van der Waals surface area contributed by atoms with Crippen LogP contribution in [0.25, 0.3) is 10.9 Å². The number of anilines is 1. The lowest BCUT2D eigenvalue weighted by Crippen LogP contribution is -2.36. The van der Waals surface area contributed by atoms with Crippen molar-refractivity contribution in [3.8, 4) is 5.75 Å². The first-order chi connectivity index (χ1) is 12.2. The Labute approximate surface area is 149 Å². The highest BCUT2D eigenvalue weighted by Crippen LogP contribution is 2.25. The summed E-state index contributed by atoms with van der Waals surface area (Å²) >= 11 is 1.68. The summed E-state index contributed by atoms with van der Waals surface area (Å²) in [5, 5.41) is 3.75. The molecule has 1 aliphatic heterocycles. The molecule has 0 atom stereocenters. The molecule has 3 heterocycles. The molecule has 0 spiro atoms. The summed E-state index contributed by atoms with van der Waals surface area (Å²) in [6.45, 7) is 2.70. The number of rotatable bonds is 4. The van der Waals surface area contributed by atoms with Gasteiger partial charge in [0, 0.05) is 37.3 Å². The molecule has 25 heavy (non-hydrogen) atoms. The van der Waals surface area contributed by atoms with Gasteiger partial charge in [-0.1, -0.05) is 0 Å². The van der Waals surface area contributed by atoms with Crippen LogP contribution < -0.4 is 15.2 Å². The summed E-state index contributed by atoms with van der Waals surface area (Å²) in [5.74, 6) is 1.21. The topological polar surface area (TPSA) is 60.2 Å². The maximum atomic E-state index is 12.7. The first-order valence-corrected chi connectivity index (χ1v) is 9.30. The maximum absolute atomic E-state index is 12.7. The van der Waals surface area contributed by atoms with Gasteiger partial charge in [-0.2, -0.15) is 0 Å². The number of nitrogens with zero attached hydrogens (tertiary/aromatic N) is 4. The quantitative estimate of drug-likeness (QED) is 0.719. The van der Waals surface area contributed by atoms with E-state index in [2.05, 4.69) is 14.9 Å². The van der Waals surface area contributed by atoms with Gasteiger partial charge in [-0.3, -0.25) is 9.36 Å². The highest BCUT2D eigenvalue weighted by atomic mass is 32.1. The van der Waals surface area contributed by atoms with Crippen molar-refractivity contribution in [3.63, 3.8) is 0 Å². The van der Waals surface area contributed by atoms with Crippen molar-refractivity contribution in [2.45, 2.75) is 19.4 Å². The Morgan fingerprint density at radius 1 is 1.28 bits per heavy atom. The zero-order valence-electron chi connectivity index (χ0n) is 14.1. The first-order valence-electron chi connectivity index (χ1n) is 8.42. The van der Waals surface area contributed by atoms with Crippen LogP contribution in [0.5, 0.6) is 5.75 Å². The van der Waals surface area contributed by atoms with E-state index in [1.807, 2.05) is 17.6 Å². The van der Waals surface area contributed by atoms with Crippen molar-refractivity contribution in [1.29, 1.82) is 0 Å². The number of methoxy groups -OCH3 is 1. The molecular weight excluding hydrogens is 336 g/mol. The van der Waals surface area contributed by atoms with Crippen molar-refractivity contribution < 1.29 is 4.74 Å². The molecule has 0 unspecified atom stereocenters. The Morgan fingerprint density at radius 3 is 2.84 bits per heavy atom. The zero-order valence-corrected chi connectivity index (χ0v) is 14.9. The van der Waals surface area contributed by atoms with Crippen molar-refractivity contribution in [2.75, 3.05) is 25.1 Å². The molecule has 0 N–H and O–H groups in total. The molecule has 0 saturated carbocycles. The number of thiazole rings is 1. The van der Waals surface area contributed by atoms with Gasteiger partial charge in [-0.15, -0.1) is 11.3 Å². The number of piperidine rings is 1. The van der Waals surface area contributed by atoms with Gasteiger partial charge in [0.2, 0.25) is 0 Å². The number of hydrogen-bond acceptors (Lipinski definition) is 6. The van der Waals surface area contributed by atoms with Gasteiger partial charge < -0.3 is 9.64 Å². The molecule has 1 fully saturated rings. The minimum Gasteiger partial charge on any atom is -0.497 e. The van der Waals surface area contributed by atoms with E-state index in [0.29, 0.717) is 22.6 Å². The Morgan fingerprint density at radius 2 is 2.12 bits per heavy atom. The van der Waals surface area contributed by atoms with Crippen LogP contribution >= 0.6 is 11.3 Å². The standard InChI is InChI=1S/C18H20N4O2S/c1-24-14-2-3-15-16(10-14)20-12-22(17(15)23)11-13-4-7-21(8-5-13)18-19-6-9-25-18/h2-3,6,9-10,12-13H,4-5,7-8,11H2,1H3. The van der Waals surface area contributed by atoms with Crippen LogP contribution in [-0.2, 0) is 6.54 Å². The number of benzene rings is 1. The van der Waals surface area contributed by atoms with Gasteiger partial charge in [0.1, 0.15) is 5.75 Å². The maximum Gasteiger partial charge on any atom is 0.261 e. The van der Waals surface area contributed by atoms with Gasteiger partial charge in [-0.05, 0) is 30.9 Å². The van der Waals surface area contributed by atoms with Gasteiger partial charge in [0.05, 0.1) is 24.3 Å². The SMILES string of the molecule is COc1ccc2c(=O)n(CC3CCN(c4nccs4)CC3)cnc2c1. The van der Waals surface area contributed by atoms with E-state index in [1.54, 1.807) is 41.5 Å². The summed E-state index contributed by atoms with van der Waals surface area (Å²) in [4.78, 5) is 23.9. The molecule has 130 valence electrons. The second-order valence-electron chi connectivity index (χ2n) is 6.33. The van der Waals surface area contributed by atoms with Crippen LogP contribution in [0.3, 0.4) is 0 Å². The summed E-state index contributed by atoms with van der Waals surface area (Å²) in [7, 11) is 1.61. The molecule has 2 aromatic heterocycles. The van der Waals surface area contributed by atoms with E-state index in [9.17, 15) is 4.79 Å². The van der Waals surface area contributed by atoms with E-state index in [-0.39, 0.29) is 5.56 Å². The van der Waals surface area contributed by atoms with E-state index in [0.717, 1.165) is 37.6 Å². The molecule has 4 rings (SSSR count). The van der Waals surface area contributed by atoms with Crippen LogP contribution in [0.15, 0.2) is 40.9 Å². The van der Waals surface area contributed by atoms with Gasteiger partial charge in [0.15, 0.2) is 5.13 Å². The average molecular weight is 356 g/mol. The van der Waals surface area contributed by atoms with Crippen molar-refractivity contribution in [2.24, 2.45) is 5.92 Å². The Balaban J connectivity index is 1.48. The summed E-state index contributed by atoms with van der Waals surface area (Å²) in [6.07, 6.45) is 5.64. The minimum atomic E-state index is 0.0232. The largest absolute Gasteiger partial charge is 0.497 e. The number of hydrogen-bond donors (Lipinski definition) is 0. The molecular formula is C18H20N4O2S. The van der Waals surface area contributed by atoms with Gasteiger partial charge in [0.25, 0.3) is 5.56 Å². The molecule has 0 bridgehead atoms. The van der Waals surface area contributed by atoms with Crippen LogP contribution in [0, 0.1) is 5.92 Å². The fraction of sp³-hybridized carbons (Fsp3) is 0.389. The summed E-state index contributed by atoms with van der Waals surface area (Å²) < 4.78 is 6.95. The molecule has 1 saturated heterocycles. The lowest BCUT2D eigenvalue weighted by Gasteiger charge is -2.31. The Bertz CT molecular complexity index is 914. The van der Waals surface area contributed by atoms with Crippen molar-refractivity contribution >= 4 is 27.4 Å². The molecule has 0 aliphatic carbocycles. The Kier molecular flexibility index (Phi) is 4.40. The number of aromatic nitrogens is 3. The molecule has 6 nitrogen and oxygen atoms in total. The molecule has 3 aromatic rings. The molecule has 1 aliphatic rings. The zero-order chi connectivity index (χ0) is 17.2. The van der Waals surface area contributed by atoms with E-state index in [4.69, 9.17) is 4.74 Å². The molecule has 0 amide bonds. The second-order valence-corrected chi connectivity index (χ2v) is 7.20. The molecule has 7 heteroatoms. The smallest absolute Gasteiger partial charge is 0.261 e. The van der Waals surface area contributed by atoms with Gasteiger partial charge >= 0.3 is 0 Å². The lowest BCUT2D eigenvalue weighted by atomic mass is 9.97. The van der Waals surface area contributed by atoms with Crippen molar-refractivity contribution in [1.82, 2.24) is 14.5 Å². The van der Waals surface area contributed by atoms with E-state index in [1.165, 1.54) is 0 Å². The predicted octanol–water partition coefficient (Wildman–Crippen LogP) is 2.78. The van der Waals surface area contributed by atoms with Crippen molar-refractivity contribution in [3.05, 3.63) is 46.5 Å². The third-order valence-corrected chi connectivity index (χ3v) is 5.62.